The molecular formula is C20H29NO4. The van der Waals surface area contributed by atoms with E-state index in [1.165, 1.54) is 7.11 Å². The number of methoxy groups -OCH3 is 1. The van der Waals surface area contributed by atoms with Crippen LogP contribution in [0.15, 0.2) is 30.3 Å². The van der Waals surface area contributed by atoms with E-state index in [9.17, 15) is 14.7 Å². The molecule has 0 aliphatic heterocycles. The summed E-state index contributed by atoms with van der Waals surface area (Å²) in [6.07, 6.45) is 2.23. The van der Waals surface area contributed by atoms with Crippen LogP contribution in [0, 0.1) is 11.8 Å². The standard InChI is InChI=1S/C20H29NO4/c1-20(2,3)21(19(23)24)17(14-8-6-5-7-9-14)15-10-12-16(13-11-15)18(22)25-4/h5-9,15-17H,10-13H2,1-4H3,(H,23,24). The Morgan fingerprint density at radius 1 is 1.12 bits per heavy atom. The molecule has 5 heteroatoms. The summed E-state index contributed by atoms with van der Waals surface area (Å²) in [4.78, 5) is 25.4. The second-order valence-corrected chi connectivity index (χ2v) is 7.81. The van der Waals surface area contributed by atoms with Gasteiger partial charge in [0.05, 0.1) is 19.1 Å². The summed E-state index contributed by atoms with van der Waals surface area (Å²) in [6.45, 7) is 5.78. The van der Waals surface area contributed by atoms with Gasteiger partial charge in [-0.1, -0.05) is 30.3 Å². The first-order valence-corrected chi connectivity index (χ1v) is 8.90. The Morgan fingerprint density at radius 2 is 1.68 bits per heavy atom. The van der Waals surface area contributed by atoms with Gasteiger partial charge in [-0.05, 0) is 57.9 Å². The molecule has 25 heavy (non-hydrogen) atoms. The van der Waals surface area contributed by atoms with E-state index in [2.05, 4.69) is 0 Å². The van der Waals surface area contributed by atoms with Gasteiger partial charge in [-0.25, -0.2) is 4.79 Å². The molecule has 138 valence electrons. The molecule has 1 amide bonds. The van der Waals surface area contributed by atoms with Crippen LogP contribution in [0.1, 0.15) is 58.1 Å². The molecule has 1 saturated carbocycles. The highest BCUT2D eigenvalue weighted by Crippen LogP contribution is 2.42. The van der Waals surface area contributed by atoms with Gasteiger partial charge in [0.15, 0.2) is 0 Å². The first-order valence-electron chi connectivity index (χ1n) is 8.90. The maximum Gasteiger partial charge on any atom is 0.408 e. The van der Waals surface area contributed by atoms with Crippen molar-refractivity contribution in [3.63, 3.8) is 0 Å². The fourth-order valence-electron chi connectivity index (χ4n) is 3.94. The van der Waals surface area contributed by atoms with Crippen molar-refractivity contribution in [1.29, 1.82) is 0 Å². The van der Waals surface area contributed by atoms with E-state index in [0.29, 0.717) is 0 Å². The van der Waals surface area contributed by atoms with E-state index in [1.807, 2.05) is 51.1 Å². The van der Waals surface area contributed by atoms with Crippen molar-refractivity contribution in [3.8, 4) is 0 Å². The van der Waals surface area contributed by atoms with Crippen molar-refractivity contribution >= 4 is 12.1 Å². The van der Waals surface area contributed by atoms with Crippen LogP contribution in [0.2, 0.25) is 0 Å². The largest absolute Gasteiger partial charge is 0.469 e. The predicted octanol–water partition coefficient (Wildman–Crippen LogP) is 4.49. The average molecular weight is 347 g/mol. The summed E-state index contributed by atoms with van der Waals surface area (Å²) < 4.78 is 4.87. The molecule has 1 aliphatic carbocycles. The number of ether oxygens (including phenoxy) is 1. The first kappa shape index (κ1) is 19.3. The number of hydrogen-bond acceptors (Lipinski definition) is 3. The van der Waals surface area contributed by atoms with Crippen LogP contribution >= 0.6 is 0 Å². The summed E-state index contributed by atoms with van der Waals surface area (Å²) in [5.74, 6) is -0.0233. The smallest absolute Gasteiger partial charge is 0.408 e. The van der Waals surface area contributed by atoms with Gasteiger partial charge >= 0.3 is 12.1 Å². The molecule has 1 aromatic carbocycles. The molecule has 0 radical (unpaired) electrons. The Labute approximate surface area is 150 Å². The minimum Gasteiger partial charge on any atom is -0.469 e. The van der Waals surface area contributed by atoms with Crippen LogP contribution in [-0.2, 0) is 9.53 Å². The van der Waals surface area contributed by atoms with Crippen LogP contribution in [0.4, 0.5) is 4.79 Å². The van der Waals surface area contributed by atoms with Crippen LogP contribution in [0.25, 0.3) is 0 Å². The number of amides is 1. The van der Waals surface area contributed by atoms with E-state index in [4.69, 9.17) is 4.74 Å². The van der Waals surface area contributed by atoms with Gasteiger partial charge in [-0.3, -0.25) is 9.69 Å². The Kier molecular flexibility index (Phi) is 6.09. The second kappa shape index (κ2) is 7.89. The van der Waals surface area contributed by atoms with Gasteiger partial charge in [0.25, 0.3) is 0 Å². The molecule has 0 heterocycles. The molecule has 0 bridgehead atoms. The molecule has 0 aromatic heterocycles. The molecule has 1 atom stereocenters. The zero-order chi connectivity index (χ0) is 18.6. The van der Waals surface area contributed by atoms with Crippen LogP contribution in [0.3, 0.4) is 0 Å². The molecule has 1 aromatic rings. The number of carbonyl (C=O) groups is 2. The number of hydrogen-bond donors (Lipinski definition) is 1. The van der Waals surface area contributed by atoms with Crippen LogP contribution in [0.5, 0.6) is 0 Å². The fraction of sp³-hybridized carbons (Fsp3) is 0.600. The topological polar surface area (TPSA) is 66.8 Å². The lowest BCUT2D eigenvalue weighted by atomic mass is 9.75. The normalized spacial score (nSPS) is 22.1. The molecule has 0 spiro atoms. The third-order valence-electron chi connectivity index (χ3n) is 5.10. The van der Waals surface area contributed by atoms with Crippen molar-refractivity contribution in [2.45, 2.75) is 58.0 Å². The summed E-state index contributed by atoms with van der Waals surface area (Å²) in [5.41, 5.74) is 0.507. The lowest BCUT2D eigenvalue weighted by Gasteiger charge is -2.45. The third-order valence-corrected chi connectivity index (χ3v) is 5.10. The number of nitrogens with zero attached hydrogens (tertiary/aromatic N) is 1. The van der Waals surface area contributed by atoms with Gasteiger partial charge < -0.3 is 9.84 Å². The number of benzene rings is 1. The molecule has 0 saturated heterocycles. The van der Waals surface area contributed by atoms with Crippen molar-refractivity contribution in [1.82, 2.24) is 4.90 Å². The maximum atomic E-state index is 12.1. The van der Waals surface area contributed by atoms with Gasteiger partial charge in [0, 0.05) is 5.54 Å². The molecule has 1 fully saturated rings. The van der Waals surface area contributed by atoms with Crippen molar-refractivity contribution in [3.05, 3.63) is 35.9 Å². The molecule has 1 unspecified atom stereocenters. The lowest BCUT2D eigenvalue weighted by Crippen LogP contribution is -2.49. The lowest BCUT2D eigenvalue weighted by molar-refractivity contribution is -0.147. The zero-order valence-corrected chi connectivity index (χ0v) is 15.6. The highest BCUT2D eigenvalue weighted by molar-refractivity contribution is 5.72. The minimum absolute atomic E-state index is 0.0643. The summed E-state index contributed by atoms with van der Waals surface area (Å²) in [6, 6.07) is 9.63. The Balaban J connectivity index is 2.31. The minimum atomic E-state index is -0.906. The van der Waals surface area contributed by atoms with Crippen LogP contribution < -0.4 is 0 Å². The van der Waals surface area contributed by atoms with Crippen molar-refractivity contribution in [2.24, 2.45) is 11.8 Å². The Bertz CT molecular complexity index is 585. The molecule has 5 nitrogen and oxygen atoms in total. The average Bonchev–Trinajstić information content (AvgIpc) is 2.58. The van der Waals surface area contributed by atoms with E-state index < -0.39 is 11.6 Å². The number of carbonyl (C=O) groups excluding carboxylic acids is 1. The number of rotatable bonds is 4. The van der Waals surface area contributed by atoms with Gasteiger partial charge in [0.2, 0.25) is 0 Å². The van der Waals surface area contributed by atoms with E-state index in [0.717, 1.165) is 31.2 Å². The van der Waals surface area contributed by atoms with Crippen molar-refractivity contribution < 1.29 is 19.4 Å². The predicted molar refractivity (Wildman–Crippen MR) is 96.3 cm³/mol. The molecular weight excluding hydrogens is 318 g/mol. The third kappa shape index (κ3) is 4.53. The first-order chi connectivity index (χ1) is 11.8. The fourth-order valence-corrected chi connectivity index (χ4v) is 3.94. The van der Waals surface area contributed by atoms with Gasteiger partial charge in [0.1, 0.15) is 0 Å². The molecule has 1 N–H and O–H groups in total. The Morgan fingerprint density at radius 3 is 2.12 bits per heavy atom. The van der Waals surface area contributed by atoms with Gasteiger partial charge in [-0.15, -0.1) is 0 Å². The van der Waals surface area contributed by atoms with E-state index in [-0.39, 0.29) is 23.8 Å². The van der Waals surface area contributed by atoms with Crippen LogP contribution in [-0.4, -0.2) is 34.7 Å². The zero-order valence-electron chi connectivity index (χ0n) is 15.6. The highest BCUT2D eigenvalue weighted by Gasteiger charge is 2.40. The summed E-state index contributed by atoms with van der Waals surface area (Å²) in [5, 5.41) is 9.90. The summed E-state index contributed by atoms with van der Waals surface area (Å²) >= 11 is 0. The van der Waals surface area contributed by atoms with E-state index >= 15 is 0 Å². The summed E-state index contributed by atoms with van der Waals surface area (Å²) in [7, 11) is 1.42. The maximum absolute atomic E-state index is 12.1. The van der Waals surface area contributed by atoms with E-state index in [1.54, 1.807) is 4.90 Å². The number of carboxylic acid groups (broad SMARTS) is 1. The quantitative estimate of drug-likeness (QED) is 0.815. The van der Waals surface area contributed by atoms with Crippen molar-refractivity contribution in [2.75, 3.05) is 7.11 Å². The number of esters is 1. The monoisotopic (exact) mass is 347 g/mol. The van der Waals surface area contributed by atoms with Gasteiger partial charge in [-0.2, -0.15) is 0 Å². The second-order valence-electron chi connectivity index (χ2n) is 7.81. The molecule has 1 aliphatic rings. The Hall–Kier alpha value is -2.04. The molecule has 2 rings (SSSR count). The highest BCUT2D eigenvalue weighted by atomic mass is 16.5. The SMILES string of the molecule is COC(=O)C1CCC(C(c2ccccc2)N(C(=O)O)C(C)(C)C)CC1.